The van der Waals surface area contributed by atoms with Crippen molar-refractivity contribution in [1.82, 2.24) is 19.5 Å². The number of aliphatic hydroxyl groups is 1. The number of aromatic amines is 1. The summed E-state index contributed by atoms with van der Waals surface area (Å²) in [6.07, 6.45) is 10.1. The first-order valence-corrected chi connectivity index (χ1v) is 17.0. The predicted octanol–water partition coefficient (Wildman–Crippen LogP) is 8.45. The number of nitrogens with zero attached hydrogens (tertiary/aromatic N) is 3. The fraction of sp³-hybridized carbons (Fsp3) is 0.447. The third kappa shape index (κ3) is 5.45. The average Bonchev–Trinajstić information content (AvgIpc) is 3.81. The predicted molar refractivity (Wildman–Crippen MR) is 189 cm³/mol. The number of aliphatic hydroxyl groups excluding tert-OH is 1. The molecule has 5 heterocycles. The largest absolute Gasteiger partial charge is 0.387 e. The number of carbonyl (C=O) groups is 1. The van der Waals surface area contributed by atoms with Gasteiger partial charge in [0.05, 0.1) is 34.0 Å². The number of nitrogens with one attached hydrogen (secondary N) is 2. The number of hydrogen-bond donors (Lipinski definition) is 3. The Bertz CT molecular complexity index is 1870. The second-order valence-corrected chi connectivity index (χ2v) is 11.7. The molecule has 0 radical (unpaired) electrons. The second-order valence-electron chi connectivity index (χ2n) is 11.7. The maximum absolute atomic E-state index is 13.1. The first-order chi connectivity index (χ1) is 21.8. The summed E-state index contributed by atoms with van der Waals surface area (Å²) in [5.41, 5.74) is 17.3. The monoisotopic (exact) mass is 607 g/mol. The quantitative estimate of drug-likeness (QED) is 0.169. The van der Waals surface area contributed by atoms with Gasteiger partial charge in [0, 0.05) is 28.7 Å². The summed E-state index contributed by atoms with van der Waals surface area (Å²) in [5.74, 6) is -0.439. The van der Waals surface area contributed by atoms with Gasteiger partial charge in [-0.3, -0.25) is 4.79 Å². The molecule has 8 bridgehead atoms. The van der Waals surface area contributed by atoms with Crippen molar-refractivity contribution in [2.75, 3.05) is 11.9 Å². The fourth-order valence-electron chi connectivity index (χ4n) is 7.54. The summed E-state index contributed by atoms with van der Waals surface area (Å²) in [6, 6.07) is 4.38. The normalized spacial score (nSPS) is 12.8. The van der Waals surface area contributed by atoms with Crippen LogP contribution in [0.5, 0.6) is 0 Å². The van der Waals surface area contributed by atoms with Gasteiger partial charge in [0.2, 0.25) is 5.91 Å². The van der Waals surface area contributed by atoms with Crippen molar-refractivity contribution < 1.29 is 9.90 Å². The SMILES string of the molecule is CCC1=C(CC)c2nc1c(CC)c1[nH]c(cc3nc(cc4c(CC)c(CC)c(c2NC(=O)CO)n4CC)C=C3)c(CC)c1CC. The van der Waals surface area contributed by atoms with Gasteiger partial charge in [-0.1, -0.05) is 48.5 Å². The van der Waals surface area contributed by atoms with Crippen molar-refractivity contribution in [3.63, 3.8) is 0 Å². The van der Waals surface area contributed by atoms with Gasteiger partial charge in [-0.25, -0.2) is 9.97 Å². The van der Waals surface area contributed by atoms with Crippen LogP contribution in [0, 0.1) is 0 Å². The van der Waals surface area contributed by atoms with Crippen LogP contribution >= 0.6 is 0 Å². The van der Waals surface area contributed by atoms with E-state index in [0.717, 1.165) is 95.4 Å². The highest BCUT2D eigenvalue weighted by Gasteiger charge is 2.28. The molecule has 1 amide bonds. The number of H-pyrrole nitrogens is 1. The third-order valence-corrected chi connectivity index (χ3v) is 9.45. The van der Waals surface area contributed by atoms with E-state index in [1.807, 2.05) is 0 Å². The molecule has 0 unspecified atom stereocenters. The molecule has 7 nitrogen and oxygen atoms in total. The average molecular weight is 608 g/mol. The summed E-state index contributed by atoms with van der Waals surface area (Å²) in [7, 11) is 0. The number of fused-ring (bicyclic) bond motifs is 8. The Morgan fingerprint density at radius 3 is 1.89 bits per heavy atom. The van der Waals surface area contributed by atoms with E-state index >= 15 is 0 Å². The van der Waals surface area contributed by atoms with E-state index in [4.69, 9.17) is 9.97 Å². The molecule has 3 aromatic rings. The molecule has 7 heteroatoms. The van der Waals surface area contributed by atoms with Gasteiger partial charge < -0.3 is 20.0 Å². The minimum absolute atomic E-state index is 0.439. The van der Waals surface area contributed by atoms with Crippen LogP contribution in [-0.4, -0.2) is 37.1 Å². The number of anilines is 1. The first-order valence-electron chi connectivity index (χ1n) is 17.0. The molecule has 45 heavy (non-hydrogen) atoms. The van der Waals surface area contributed by atoms with Crippen LogP contribution in [0.2, 0.25) is 0 Å². The first kappa shape index (κ1) is 32.4. The van der Waals surface area contributed by atoms with Crippen LogP contribution in [0.3, 0.4) is 0 Å². The smallest absolute Gasteiger partial charge is 0.250 e. The lowest BCUT2D eigenvalue weighted by molar-refractivity contribution is -0.118. The van der Waals surface area contributed by atoms with Crippen LogP contribution < -0.4 is 5.32 Å². The highest BCUT2D eigenvalue weighted by atomic mass is 16.3. The van der Waals surface area contributed by atoms with Crippen molar-refractivity contribution in [3.05, 3.63) is 62.7 Å². The lowest BCUT2D eigenvalue weighted by atomic mass is 9.95. The van der Waals surface area contributed by atoms with E-state index in [1.165, 1.54) is 33.4 Å². The summed E-state index contributed by atoms with van der Waals surface area (Å²) >= 11 is 0. The van der Waals surface area contributed by atoms with E-state index in [0.29, 0.717) is 12.2 Å². The van der Waals surface area contributed by atoms with E-state index in [2.05, 4.69) is 94.5 Å². The Kier molecular flexibility index (Phi) is 9.78. The van der Waals surface area contributed by atoms with Gasteiger partial charge in [0.25, 0.3) is 0 Å². The molecule has 0 saturated carbocycles. The Labute approximate surface area is 267 Å². The van der Waals surface area contributed by atoms with Crippen molar-refractivity contribution in [2.24, 2.45) is 0 Å². The Morgan fingerprint density at radius 1 is 0.733 bits per heavy atom. The molecular formula is C38H49N5O2. The number of carbonyl (C=O) groups excluding carboxylic acids is 1. The Morgan fingerprint density at radius 2 is 1.33 bits per heavy atom. The van der Waals surface area contributed by atoms with Gasteiger partial charge in [-0.2, -0.15) is 0 Å². The van der Waals surface area contributed by atoms with Crippen molar-refractivity contribution in [3.8, 4) is 0 Å². The van der Waals surface area contributed by atoms with Crippen LogP contribution in [0.4, 0.5) is 5.69 Å². The molecule has 2 aliphatic heterocycles. The molecule has 0 spiro atoms. The molecule has 0 aliphatic carbocycles. The van der Waals surface area contributed by atoms with E-state index in [-0.39, 0.29) is 0 Å². The van der Waals surface area contributed by atoms with Gasteiger partial charge >= 0.3 is 0 Å². The zero-order chi connectivity index (χ0) is 32.4. The second kappa shape index (κ2) is 13.6. The molecular weight excluding hydrogens is 558 g/mol. The fourth-order valence-corrected chi connectivity index (χ4v) is 7.54. The highest BCUT2D eigenvalue weighted by molar-refractivity contribution is 6.06. The van der Waals surface area contributed by atoms with E-state index < -0.39 is 12.5 Å². The zero-order valence-corrected chi connectivity index (χ0v) is 28.4. The number of allylic oxidation sites excluding steroid dienone is 2. The van der Waals surface area contributed by atoms with Gasteiger partial charge in [0.15, 0.2) is 0 Å². The zero-order valence-electron chi connectivity index (χ0n) is 28.4. The van der Waals surface area contributed by atoms with Crippen LogP contribution in [0.15, 0.2) is 12.1 Å². The van der Waals surface area contributed by atoms with Gasteiger partial charge in [0.1, 0.15) is 6.61 Å². The Balaban J connectivity index is 2.17. The maximum Gasteiger partial charge on any atom is 0.250 e. The minimum atomic E-state index is -0.596. The number of hydrogen-bond acceptors (Lipinski definition) is 4. The number of rotatable bonds is 10. The molecule has 2 aliphatic rings. The summed E-state index contributed by atoms with van der Waals surface area (Å²) < 4.78 is 2.30. The van der Waals surface area contributed by atoms with E-state index in [9.17, 15) is 9.90 Å². The standard InChI is InChI=1S/C38H49N5O2/c1-9-24-26(11-3)34-30(15-7)35-27(12-4)28(13-5)36(42-35)37(41-33(45)21-44)38-29(14-6)25(10-2)32(43(38)16-8)20-23-18-17-22(39-23)19-31(24)40-34/h17-20,40,44H,9-16,21H2,1-8H3,(H,41,45). The van der Waals surface area contributed by atoms with E-state index in [1.54, 1.807) is 0 Å². The molecule has 238 valence electrons. The third-order valence-electron chi connectivity index (χ3n) is 9.45. The minimum Gasteiger partial charge on any atom is -0.387 e. The number of aromatic nitrogens is 4. The summed E-state index contributed by atoms with van der Waals surface area (Å²) in [6.45, 7) is 17.6. The molecule has 3 N–H and O–H groups in total. The molecule has 0 fully saturated rings. The molecule has 3 aromatic heterocycles. The summed E-state index contributed by atoms with van der Waals surface area (Å²) in [5, 5.41) is 13.1. The maximum atomic E-state index is 13.1. The number of aryl methyl sites for hydroxylation is 6. The van der Waals surface area contributed by atoms with Crippen molar-refractivity contribution in [2.45, 2.75) is 107 Å². The lowest BCUT2D eigenvalue weighted by Gasteiger charge is -2.13. The highest BCUT2D eigenvalue weighted by Crippen LogP contribution is 2.43. The molecule has 5 rings (SSSR count). The van der Waals surface area contributed by atoms with Crippen LogP contribution in [-0.2, 0) is 43.4 Å². The summed E-state index contributed by atoms with van der Waals surface area (Å²) in [4.78, 5) is 27.4. The molecule has 0 aromatic carbocycles. The van der Waals surface area contributed by atoms with Crippen molar-refractivity contribution in [1.29, 1.82) is 0 Å². The molecule has 0 saturated heterocycles. The van der Waals surface area contributed by atoms with Gasteiger partial charge in [-0.15, -0.1) is 0 Å². The van der Waals surface area contributed by atoms with Gasteiger partial charge in [-0.05, 0) is 110 Å². The molecule has 0 atom stereocenters. The van der Waals surface area contributed by atoms with Crippen molar-refractivity contribution >= 4 is 57.0 Å². The number of amides is 1. The lowest BCUT2D eigenvalue weighted by Crippen LogP contribution is -2.17. The topological polar surface area (TPSA) is 95.8 Å². The Hall–Kier alpha value is -3.97. The van der Waals surface area contributed by atoms with Crippen LogP contribution in [0.1, 0.15) is 119 Å². The van der Waals surface area contributed by atoms with Crippen LogP contribution in [0.25, 0.3) is 45.4 Å².